The van der Waals surface area contributed by atoms with Gasteiger partial charge in [0.25, 0.3) is 0 Å². The van der Waals surface area contributed by atoms with E-state index in [9.17, 15) is 4.79 Å². The van der Waals surface area contributed by atoms with E-state index in [2.05, 4.69) is 6.92 Å². The number of carbonyl (C=O) groups is 1. The largest absolute Gasteiger partial charge is 0.346 e. The number of ketones is 1. The molecule has 0 amide bonds. The Morgan fingerprint density at radius 1 is 1.18 bits per heavy atom. The van der Waals surface area contributed by atoms with Crippen LogP contribution in [0.1, 0.15) is 52.9 Å². The first-order chi connectivity index (χ1) is 8.22. The van der Waals surface area contributed by atoms with Gasteiger partial charge in [-0.2, -0.15) is 0 Å². The maximum absolute atomic E-state index is 12.3. The summed E-state index contributed by atoms with van der Waals surface area (Å²) in [7, 11) is 0. The molecule has 0 aromatic carbocycles. The van der Waals surface area contributed by atoms with Gasteiger partial charge in [0, 0.05) is 19.1 Å². The van der Waals surface area contributed by atoms with Crippen molar-refractivity contribution in [1.29, 1.82) is 0 Å². The van der Waals surface area contributed by atoms with Crippen molar-refractivity contribution in [3.63, 3.8) is 0 Å². The van der Waals surface area contributed by atoms with Crippen LogP contribution in [0.25, 0.3) is 0 Å². The number of carbonyl (C=O) groups excluding carboxylic acids is 1. The fourth-order valence-corrected chi connectivity index (χ4v) is 2.63. The molecule has 1 rings (SSSR count). The van der Waals surface area contributed by atoms with E-state index in [1.165, 1.54) is 19.3 Å². The Labute approximate surface area is 105 Å². The van der Waals surface area contributed by atoms with Gasteiger partial charge in [-0.1, -0.05) is 26.2 Å². The van der Waals surface area contributed by atoms with E-state index in [0.29, 0.717) is 19.1 Å². The van der Waals surface area contributed by atoms with Gasteiger partial charge in [0.1, 0.15) is 0 Å². The van der Waals surface area contributed by atoms with Gasteiger partial charge in [-0.05, 0) is 32.6 Å². The van der Waals surface area contributed by atoms with E-state index in [1.807, 2.05) is 13.8 Å². The topological polar surface area (TPSA) is 35.5 Å². The molecule has 1 aliphatic rings. The highest BCUT2D eigenvalue weighted by atomic mass is 16.7. The maximum Gasteiger partial charge on any atom is 0.218 e. The van der Waals surface area contributed by atoms with Crippen LogP contribution in [0.4, 0.5) is 0 Å². The average molecular weight is 242 g/mol. The summed E-state index contributed by atoms with van der Waals surface area (Å²) in [5, 5.41) is 0. The summed E-state index contributed by atoms with van der Waals surface area (Å²) in [6, 6.07) is 0. The summed E-state index contributed by atoms with van der Waals surface area (Å²) in [6.45, 7) is 7.06. The highest BCUT2D eigenvalue weighted by molar-refractivity contribution is 5.84. The number of hydrogen-bond donors (Lipinski definition) is 0. The minimum Gasteiger partial charge on any atom is -0.346 e. The molecule has 3 heteroatoms. The van der Waals surface area contributed by atoms with Crippen molar-refractivity contribution in [2.75, 3.05) is 13.2 Å². The van der Waals surface area contributed by atoms with Crippen molar-refractivity contribution in [1.82, 2.24) is 0 Å². The van der Waals surface area contributed by atoms with Crippen LogP contribution in [0.3, 0.4) is 0 Å². The molecule has 1 fully saturated rings. The van der Waals surface area contributed by atoms with E-state index >= 15 is 0 Å². The molecule has 0 spiro atoms. The van der Waals surface area contributed by atoms with Crippen LogP contribution in [0.5, 0.6) is 0 Å². The Kier molecular flexibility index (Phi) is 6.75. The Morgan fingerprint density at radius 3 is 2.35 bits per heavy atom. The third-order valence-electron chi connectivity index (χ3n) is 3.63. The second-order valence-corrected chi connectivity index (χ2v) is 4.78. The summed E-state index contributed by atoms with van der Waals surface area (Å²) in [4.78, 5) is 12.3. The summed E-state index contributed by atoms with van der Waals surface area (Å²) in [5.74, 6) is 1.02. The van der Waals surface area contributed by atoms with Crippen LogP contribution >= 0.6 is 0 Å². The lowest BCUT2D eigenvalue weighted by Gasteiger charge is -2.29. The molecule has 2 atom stereocenters. The highest BCUT2D eigenvalue weighted by Gasteiger charge is 2.31. The van der Waals surface area contributed by atoms with Crippen LogP contribution in [0, 0.1) is 11.8 Å². The molecule has 100 valence electrons. The first kappa shape index (κ1) is 14.7. The standard InChI is InChI=1S/C14H26O3/c1-4-11-8-7-9-12(10-11)13(15)14(16-5-2)17-6-3/h11-12,14H,4-10H2,1-3H3. The smallest absolute Gasteiger partial charge is 0.218 e. The van der Waals surface area contributed by atoms with Gasteiger partial charge in [-0.15, -0.1) is 0 Å². The van der Waals surface area contributed by atoms with Crippen LogP contribution in [-0.2, 0) is 14.3 Å². The van der Waals surface area contributed by atoms with Gasteiger partial charge in [-0.3, -0.25) is 4.79 Å². The van der Waals surface area contributed by atoms with Crippen molar-refractivity contribution < 1.29 is 14.3 Å². The molecule has 17 heavy (non-hydrogen) atoms. The average Bonchev–Trinajstić information content (AvgIpc) is 2.38. The highest BCUT2D eigenvalue weighted by Crippen LogP contribution is 2.32. The molecular formula is C14H26O3. The Balaban J connectivity index is 2.53. The van der Waals surface area contributed by atoms with Gasteiger partial charge in [0.05, 0.1) is 0 Å². The molecule has 0 radical (unpaired) electrons. The fourth-order valence-electron chi connectivity index (χ4n) is 2.63. The molecule has 3 nitrogen and oxygen atoms in total. The Hall–Kier alpha value is -0.410. The normalized spacial score (nSPS) is 25.2. The van der Waals surface area contributed by atoms with E-state index < -0.39 is 6.29 Å². The lowest BCUT2D eigenvalue weighted by atomic mass is 9.78. The Morgan fingerprint density at radius 2 is 1.82 bits per heavy atom. The zero-order chi connectivity index (χ0) is 12.7. The molecule has 2 unspecified atom stereocenters. The molecule has 0 aliphatic heterocycles. The SMILES string of the molecule is CCOC(OCC)C(=O)C1CCCC(CC)C1. The van der Waals surface area contributed by atoms with E-state index in [-0.39, 0.29) is 11.7 Å². The molecule has 0 aromatic heterocycles. The summed E-state index contributed by atoms with van der Waals surface area (Å²) in [5.41, 5.74) is 0. The second-order valence-electron chi connectivity index (χ2n) is 4.78. The molecule has 0 N–H and O–H groups in total. The zero-order valence-corrected chi connectivity index (χ0v) is 11.4. The third-order valence-corrected chi connectivity index (χ3v) is 3.63. The molecule has 1 aliphatic carbocycles. The van der Waals surface area contributed by atoms with Crippen molar-refractivity contribution in [3.8, 4) is 0 Å². The summed E-state index contributed by atoms with van der Waals surface area (Å²) in [6.07, 6.45) is 5.01. The van der Waals surface area contributed by atoms with Crippen molar-refractivity contribution in [3.05, 3.63) is 0 Å². The molecule has 0 heterocycles. The molecule has 0 saturated heterocycles. The molecule has 0 bridgehead atoms. The second kappa shape index (κ2) is 7.83. The van der Waals surface area contributed by atoms with Crippen LogP contribution < -0.4 is 0 Å². The van der Waals surface area contributed by atoms with Crippen LogP contribution in [0.15, 0.2) is 0 Å². The van der Waals surface area contributed by atoms with Crippen molar-refractivity contribution in [2.24, 2.45) is 11.8 Å². The first-order valence-electron chi connectivity index (χ1n) is 6.99. The fraction of sp³-hybridized carbons (Fsp3) is 0.929. The minimum absolute atomic E-state index is 0.150. The zero-order valence-electron chi connectivity index (χ0n) is 11.4. The van der Waals surface area contributed by atoms with Gasteiger partial charge in [-0.25, -0.2) is 0 Å². The summed E-state index contributed by atoms with van der Waals surface area (Å²) < 4.78 is 10.8. The van der Waals surface area contributed by atoms with Crippen molar-refractivity contribution >= 4 is 5.78 Å². The van der Waals surface area contributed by atoms with Crippen molar-refractivity contribution in [2.45, 2.75) is 59.2 Å². The lowest BCUT2D eigenvalue weighted by molar-refractivity contribution is -0.173. The predicted molar refractivity (Wildman–Crippen MR) is 67.8 cm³/mol. The maximum atomic E-state index is 12.3. The monoisotopic (exact) mass is 242 g/mol. The van der Waals surface area contributed by atoms with E-state index in [0.717, 1.165) is 12.8 Å². The lowest BCUT2D eigenvalue weighted by Crippen LogP contribution is -2.35. The van der Waals surface area contributed by atoms with Crippen LogP contribution in [-0.4, -0.2) is 25.3 Å². The number of hydrogen-bond acceptors (Lipinski definition) is 3. The van der Waals surface area contributed by atoms with Gasteiger partial charge < -0.3 is 9.47 Å². The van der Waals surface area contributed by atoms with E-state index in [1.54, 1.807) is 0 Å². The molecule has 0 aromatic rings. The Bertz CT molecular complexity index is 222. The van der Waals surface area contributed by atoms with Gasteiger partial charge in [0.2, 0.25) is 6.29 Å². The predicted octanol–water partition coefficient (Wildman–Crippen LogP) is 3.17. The molecule has 1 saturated carbocycles. The number of rotatable bonds is 7. The minimum atomic E-state index is -0.634. The van der Waals surface area contributed by atoms with Gasteiger partial charge >= 0.3 is 0 Å². The van der Waals surface area contributed by atoms with Crippen LogP contribution in [0.2, 0.25) is 0 Å². The first-order valence-corrected chi connectivity index (χ1v) is 6.99. The quantitative estimate of drug-likeness (QED) is 0.643. The van der Waals surface area contributed by atoms with Gasteiger partial charge in [0.15, 0.2) is 5.78 Å². The number of ether oxygens (including phenoxy) is 2. The third kappa shape index (κ3) is 4.40. The number of Topliss-reactive ketones (excluding diaryl/α,β-unsaturated/α-hetero) is 1. The molecular weight excluding hydrogens is 216 g/mol. The van der Waals surface area contributed by atoms with E-state index in [4.69, 9.17) is 9.47 Å². The summed E-state index contributed by atoms with van der Waals surface area (Å²) >= 11 is 0.